The van der Waals surface area contributed by atoms with Crippen LogP contribution in [0.2, 0.25) is 0 Å². The van der Waals surface area contributed by atoms with Gasteiger partial charge in [0.15, 0.2) is 0 Å². The summed E-state index contributed by atoms with van der Waals surface area (Å²) in [7, 11) is 0. The predicted molar refractivity (Wildman–Crippen MR) is 118 cm³/mol. The number of nitrogen functional groups attached to an aromatic ring is 1. The van der Waals surface area contributed by atoms with Crippen LogP contribution in [0.15, 0.2) is 54.6 Å². The summed E-state index contributed by atoms with van der Waals surface area (Å²) in [6.07, 6.45) is 0. The molecular weight excluding hydrogens is 403 g/mol. The molecule has 0 fully saturated rings. The molecule has 0 radical (unpaired) electrons. The fourth-order valence-electron chi connectivity index (χ4n) is 2.66. The Morgan fingerprint density at radius 1 is 1.07 bits per heavy atom. The number of anilines is 3. The summed E-state index contributed by atoms with van der Waals surface area (Å²) < 4.78 is 13.0. The first-order valence-corrected chi connectivity index (χ1v) is 10.4. The molecule has 7 nitrogen and oxygen atoms in total. The standard InChI is InChI=1S/C21H23FN6OS/c1-13(30-14(2)19(29)24-12-15-8-10-16(22)11-9-15)18-26-20(23)28-21(27-18)25-17-6-4-3-5-7-17/h3-11,13-14H,12H2,1-2H3,(H,24,29)(H3,23,25,26,27,28). The molecule has 9 heteroatoms. The van der Waals surface area contributed by atoms with Crippen LogP contribution >= 0.6 is 11.8 Å². The van der Waals surface area contributed by atoms with Gasteiger partial charge in [-0.1, -0.05) is 30.3 Å². The van der Waals surface area contributed by atoms with Crippen molar-refractivity contribution >= 4 is 35.3 Å². The highest BCUT2D eigenvalue weighted by Gasteiger charge is 2.20. The number of benzene rings is 2. The van der Waals surface area contributed by atoms with Crippen LogP contribution < -0.4 is 16.4 Å². The number of nitrogens with zero attached hydrogens (tertiary/aromatic N) is 3. The Balaban J connectivity index is 1.59. The predicted octanol–water partition coefficient (Wildman–Crippen LogP) is 3.84. The molecule has 4 N–H and O–H groups in total. The molecule has 1 amide bonds. The number of halogens is 1. The highest BCUT2D eigenvalue weighted by molar-refractivity contribution is 8.00. The van der Waals surface area contributed by atoms with Gasteiger partial charge in [-0.05, 0) is 43.7 Å². The van der Waals surface area contributed by atoms with Crippen LogP contribution in [0.3, 0.4) is 0 Å². The molecule has 0 saturated heterocycles. The Labute approximate surface area is 178 Å². The zero-order chi connectivity index (χ0) is 21.5. The second-order valence-corrected chi connectivity index (χ2v) is 8.32. The third-order valence-electron chi connectivity index (χ3n) is 4.22. The molecule has 0 bridgehead atoms. The average molecular weight is 427 g/mol. The van der Waals surface area contributed by atoms with E-state index in [1.165, 1.54) is 23.9 Å². The van der Waals surface area contributed by atoms with Crippen LogP contribution in [0.1, 0.15) is 30.5 Å². The average Bonchev–Trinajstić information content (AvgIpc) is 2.73. The second kappa shape index (κ2) is 10.0. The van der Waals surface area contributed by atoms with E-state index in [1.807, 2.05) is 44.2 Å². The summed E-state index contributed by atoms with van der Waals surface area (Å²) in [5.74, 6) is 0.523. The van der Waals surface area contributed by atoms with Gasteiger partial charge >= 0.3 is 0 Å². The molecule has 30 heavy (non-hydrogen) atoms. The third kappa shape index (κ3) is 6.15. The molecule has 1 heterocycles. The van der Waals surface area contributed by atoms with E-state index in [0.717, 1.165) is 11.3 Å². The van der Waals surface area contributed by atoms with E-state index < -0.39 is 0 Å². The Bertz CT molecular complexity index is 987. The number of hydrogen-bond acceptors (Lipinski definition) is 7. The zero-order valence-electron chi connectivity index (χ0n) is 16.7. The number of amides is 1. The van der Waals surface area contributed by atoms with Crippen molar-refractivity contribution < 1.29 is 9.18 Å². The Morgan fingerprint density at radius 3 is 2.47 bits per heavy atom. The number of aromatic nitrogens is 3. The first kappa shape index (κ1) is 21.5. The van der Waals surface area contributed by atoms with Crippen LogP contribution in [0.5, 0.6) is 0 Å². The van der Waals surface area contributed by atoms with E-state index in [-0.39, 0.29) is 28.2 Å². The fraction of sp³-hybridized carbons (Fsp3) is 0.238. The van der Waals surface area contributed by atoms with Crippen molar-refractivity contribution in [1.29, 1.82) is 0 Å². The Kier molecular flexibility index (Phi) is 7.18. The zero-order valence-corrected chi connectivity index (χ0v) is 17.5. The van der Waals surface area contributed by atoms with Gasteiger partial charge in [0.05, 0.1) is 10.5 Å². The van der Waals surface area contributed by atoms with Gasteiger partial charge in [0.2, 0.25) is 17.8 Å². The summed E-state index contributed by atoms with van der Waals surface area (Å²) in [5, 5.41) is 5.43. The van der Waals surface area contributed by atoms with E-state index in [2.05, 4.69) is 25.6 Å². The van der Waals surface area contributed by atoms with Crippen molar-refractivity contribution in [2.45, 2.75) is 30.9 Å². The van der Waals surface area contributed by atoms with Crippen molar-refractivity contribution in [2.24, 2.45) is 0 Å². The van der Waals surface area contributed by atoms with Gasteiger partial charge in [0, 0.05) is 12.2 Å². The van der Waals surface area contributed by atoms with Gasteiger partial charge < -0.3 is 16.4 Å². The number of carbonyl (C=O) groups excluding carboxylic acids is 1. The minimum atomic E-state index is -0.344. The van der Waals surface area contributed by atoms with E-state index in [4.69, 9.17) is 5.73 Å². The quantitative estimate of drug-likeness (QED) is 0.502. The Hall–Kier alpha value is -3.20. The van der Waals surface area contributed by atoms with Gasteiger partial charge in [-0.15, -0.1) is 11.8 Å². The third-order valence-corrected chi connectivity index (χ3v) is 5.46. The molecule has 3 rings (SSSR count). The monoisotopic (exact) mass is 426 g/mol. The molecule has 3 aromatic rings. The minimum absolute atomic E-state index is 0.110. The number of nitrogens with two attached hydrogens (primary N) is 1. The van der Waals surface area contributed by atoms with Crippen molar-refractivity contribution in [3.05, 3.63) is 71.8 Å². The number of hydrogen-bond donors (Lipinski definition) is 3. The number of para-hydroxylation sites is 1. The Morgan fingerprint density at radius 2 is 1.77 bits per heavy atom. The summed E-state index contributed by atoms with van der Waals surface area (Å²) in [6.45, 7) is 4.06. The maximum Gasteiger partial charge on any atom is 0.233 e. The van der Waals surface area contributed by atoms with Crippen molar-refractivity contribution in [3.8, 4) is 0 Å². The lowest BCUT2D eigenvalue weighted by molar-refractivity contribution is -0.120. The summed E-state index contributed by atoms with van der Waals surface area (Å²) in [6, 6.07) is 15.5. The SMILES string of the molecule is CC(SC(C)c1nc(N)nc(Nc2ccccc2)n1)C(=O)NCc1ccc(F)cc1. The molecule has 2 unspecified atom stereocenters. The second-order valence-electron chi connectivity index (χ2n) is 6.63. The number of nitrogens with one attached hydrogen (secondary N) is 2. The van der Waals surface area contributed by atoms with Crippen molar-refractivity contribution in [1.82, 2.24) is 20.3 Å². The summed E-state index contributed by atoms with van der Waals surface area (Å²) >= 11 is 1.41. The largest absolute Gasteiger partial charge is 0.368 e. The van der Waals surface area contributed by atoms with Gasteiger partial charge in [-0.2, -0.15) is 15.0 Å². The number of thioether (sulfide) groups is 1. The van der Waals surface area contributed by atoms with E-state index in [9.17, 15) is 9.18 Å². The van der Waals surface area contributed by atoms with Crippen LogP contribution in [0.25, 0.3) is 0 Å². The smallest absolute Gasteiger partial charge is 0.233 e. The maximum atomic E-state index is 13.0. The van der Waals surface area contributed by atoms with Gasteiger partial charge in [0.1, 0.15) is 11.6 Å². The lowest BCUT2D eigenvalue weighted by atomic mass is 10.2. The molecular formula is C21H23FN6OS. The van der Waals surface area contributed by atoms with E-state index >= 15 is 0 Å². The lowest BCUT2D eigenvalue weighted by Crippen LogP contribution is -2.31. The number of carbonyl (C=O) groups is 1. The molecule has 0 aliphatic carbocycles. The molecule has 156 valence electrons. The highest BCUT2D eigenvalue weighted by atomic mass is 32.2. The van der Waals surface area contributed by atoms with E-state index in [0.29, 0.717) is 18.3 Å². The van der Waals surface area contributed by atoms with Gasteiger partial charge in [-0.3, -0.25) is 4.79 Å². The molecule has 0 aliphatic heterocycles. The van der Waals surface area contributed by atoms with Crippen LogP contribution in [0, 0.1) is 5.82 Å². The van der Waals surface area contributed by atoms with Crippen molar-refractivity contribution in [2.75, 3.05) is 11.1 Å². The first-order chi connectivity index (χ1) is 14.4. The summed E-state index contributed by atoms with van der Waals surface area (Å²) in [4.78, 5) is 25.2. The van der Waals surface area contributed by atoms with Crippen molar-refractivity contribution in [3.63, 3.8) is 0 Å². The molecule has 0 spiro atoms. The molecule has 1 aromatic heterocycles. The normalized spacial score (nSPS) is 12.8. The summed E-state index contributed by atoms with van der Waals surface area (Å²) in [5.41, 5.74) is 7.51. The highest BCUT2D eigenvalue weighted by Crippen LogP contribution is 2.30. The van der Waals surface area contributed by atoms with Gasteiger partial charge in [-0.25, -0.2) is 4.39 Å². The van der Waals surface area contributed by atoms with Crippen LogP contribution in [-0.2, 0) is 11.3 Å². The topological polar surface area (TPSA) is 106 Å². The van der Waals surface area contributed by atoms with Crippen LogP contribution in [0.4, 0.5) is 22.0 Å². The van der Waals surface area contributed by atoms with Crippen LogP contribution in [-0.4, -0.2) is 26.1 Å². The number of rotatable bonds is 8. The van der Waals surface area contributed by atoms with E-state index in [1.54, 1.807) is 12.1 Å². The molecule has 2 aromatic carbocycles. The maximum absolute atomic E-state index is 13.0. The fourth-order valence-corrected chi connectivity index (χ4v) is 3.71. The molecule has 0 saturated carbocycles. The molecule has 2 atom stereocenters. The van der Waals surface area contributed by atoms with Gasteiger partial charge in [0.25, 0.3) is 0 Å². The lowest BCUT2D eigenvalue weighted by Gasteiger charge is -2.17. The minimum Gasteiger partial charge on any atom is -0.368 e. The molecule has 0 aliphatic rings. The first-order valence-electron chi connectivity index (χ1n) is 9.42.